The van der Waals surface area contributed by atoms with Crippen LogP contribution >= 0.6 is 11.8 Å². The topological polar surface area (TPSA) is 46.6 Å². The lowest BCUT2D eigenvalue weighted by molar-refractivity contribution is -0.144. The zero-order chi connectivity index (χ0) is 18.7. The number of carbonyl (C=O) groups is 2. The van der Waals surface area contributed by atoms with E-state index in [-0.39, 0.29) is 17.5 Å². The predicted octanol–water partition coefficient (Wildman–Crippen LogP) is 4.78. The summed E-state index contributed by atoms with van der Waals surface area (Å²) >= 11 is 1.17. The molecule has 5 heteroatoms. The Balaban J connectivity index is 2.32. The largest absolute Gasteiger partial charge is 0.465 e. The lowest BCUT2D eigenvalue weighted by Gasteiger charge is -2.14. The third-order valence-corrected chi connectivity index (χ3v) is 5.07. The van der Waals surface area contributed by atoms with E-state index in [0.717, 1.165) is 24.9 Å². The molecule has 0 aliphatic carbocycles. The highest BCUT2D eigenvalue weighted by atomic mass is 32.2. The average molecular weight is 366 g/mol. The fraction of sp³-hybridized carbons (Fsp3) is 0.600. The summed E-state index contributed by atoms with van der Waals surface area (Å²) in [6, 6.07) is 7.51. The lowest BCUT2D eigenvalue weighted by atomic mass is 10.0. The molecule has 1 aromatic rings. The summed E-state index contributed by atoms with van der Waals surface area (Å²) in [6.45, 7) is 4.80. The second-order valence-electron chi connectivity index (χ2n) is 6.43. The van der Waals surface area contributed by atoms with Gasteiger partial charge < -0.3 is 9.64 Å². The molecule has 0 radical (unpaired) electrons. The van der Waals surface area contributed by atoms with E-state index in [2.05, 4.69) is 13.8 Å². The van der Waals surface area contributed by atoms with Crippen LogP contribution in [-0.4, -0.2) is 37.5 Å². The minimum absolute atomic E-state index is 0.00844. The predicted molar refractivity (Wildman–Crippen MR) is 106 cm³/mol. The van der Waals surface area contributed by atoms with E-state index >= 15 is 0 Å². The number of ether oxygens (including phenoxy) is 1. The Kier molecular flexibility index (Phi) is 10.3. The van der Waals surface area contributed by atoms with Gasteiger partial charge in [-0.25, -0.2) is 0 Å². The highest BCUT2D eigenvalue weighted by Crippen LogP contribution is 2.19. The average Bonchev–Trinajstić information content (AvgIpc) is 2.61. The van der Waals surface area contributed by atoms with Gasteiger partial charge in [0, 0.05) is 31.1 Å². The number of rotatable bonds is 11. The fourth-order valence-corrected chi connectivity index (χ4v) is 3.15. The van der Waals surface area contributed by atoms with Gasteiger partial charge in [-0.15, -0.1) is 0 Å². The number of nitrogens with zero attached hydrogens (tertiary/aromatic N) is 1. The molecule has 25 heavy (non-hydrogen) atoms. The maximum absolute atomic E-state index is 12.2. The summed E-state index contributed by atoms with van der Waals surface area (Å²) in [5, 5.41) is -0.00844. The molecule has 140 valence electrons. The van der Waals surface area contributed by atoms with Crippen LogP contribution in [0.4, 0.5) is 5.69 Å². The Morgan fingerprint density at radius 2 is 2.00 bits per heavy atom. The summed E-state index contributed by atoms with van der Waals surface area (Å²) < 4.78 is 5.36. The number of anilines is 1. The number of hydrogen-bond donors (Lipinski definition) is 0. The maximum Gasteiger partial charge on any atom is 0.306 e. The van der Waals surface area contributed by atoms with Crippen molar-refractivity contribution in [2.75, 3.05) is 31.4 Å². The number of carbonyl (C=O) groups excluding carboxylic acids is 2. The van der Waals surface area contributed by atoms with E-state index in [1.54, 1.807) is 6.07 Å². The molecule has 1 unspecified atom stereocenters. The molecule has 1 atom stereocenters. The first-order chi connectivity index (χ1) is 12.0. The third-order valence-electron chi connectivity index (χ3n) is 4.16. The van der Waals surface area contributed by atoms with Crippen LogP contribution in [0.1, 0.15) is 56.3 Å². The molecule has 1 rings (SSSR count). The molecule has 0 bridgehead atoms. The molecular weight excluding hydrogens is 334 g/mol. The number of hydrogen-bond acceptors (Lipinski definition) is 5. The monoisotopic (exact) mass is 365 g/mol. The van der Waals surface area contributed by atoms with E-state index in [1.807, 2.05) is 37.2 Å². The van der Waals surface area contributed by atoms with Gasteiger partial charge in [-0.2, -0.15) is 0 Å². The standard InChI is InChI=1S/C20H31NO3S/c1-5-7-9-16(6-2)15-24-19(22)12-13-25-20(23)17-10-8-11-18(14-17)21(3)4/h8,10-11,14,16H,5-7,9,12-13,15H2,1-4H3. The van der Waals surface area contributed by atoms with Crippen LogP contribution in [0, 0.1) is 5.92 Å². The van der Waals surface area contributed by atoms with Crippen LogP contribution in [-0.2, 0) is 9.53 Å². The van der Waals surface area contributed by atoms with Crippen molar-refractivity contribution in [2.24, 2.45) is 5.92 Å². The Labute approximate surface area is 156 Å². The van der Waals surface area contributed by atoms with Gasteiger partial charge in [0.15, 0.2) is 0 Å². The van der Waals surface area contributed by atoms with Crippen LogP contribution < -0.4 is 4.90 Å². The summed E-state index contributed by atoms with van der Waals surface area (Å²) in [5.41, 5.74) is 1.65. The van der Waals surface area contributed by atoms with Crippen LogP contribution in [0.2, 0.25) is 0 Å². The van der Waals surface area contributed by atoms with Crippen LogP contribution in [0.3, 0.4) is 0 Å². The maximum atomic E-state index is 12.2. The van der Waals surface area contributed by atoms with Crippen molar-refractivity contribution in [1.29, 1.82) is 0 Å². The molecule has 0 saturated heterocycles. The molecule has 1 aromatic carbocycles. The molecule has 4 nitrogen and oxygen atoms in total. The molecule has 0 aliphatic rings. The van der Waals surface area contributed by atoms with Crippen molar-refractivity contribution in [1.82, 2.24) is 0 Å². The summed E-state index contributed by atoms with van der Waals surface area (Å²) in [6.07, 6.45) is 4.75. The fourth-order valence-electron chi connectivity index (χ4n) is 2.40. The Morgan fingerprint density at radius 1 is 1.24 bits per heavy atom. The summed E-state index contributed by atoms with van der Waals surface area (Å²) in [4.78, 5) is 26.0. The molecule has 0 saturated carbocycles. The van der Waals surface area contributed by atoms with Crippen molar-refractivity contribution in [2.45, 2.75) is 46.0 Å². The molecular formula is C20H31NO3S. The second-order valence-corrected chi connectivity index (χ2v) is 7.50. The first kappa shape index (κ1) is 21.6. The second kappa shape index (κ2) is 12.0. The first-order valence-electron chi connectivity index (χ1n) is 9.08. The van der Waals surface area contributed by atoms with E-state index in [0.29, 0.717) is 23.8 Å². The lowest BCUT2D eigenvalue weighted by Crippen LogP contribution is -2.14. The normalized spacial score (nSPS) is 11.8. The molecule has 0 aliphatic heterocycles. The van der Waals surface area contributed by atoms with Crippen LogP contribution in [0.15, 0.2) is 24.3 Å². The van der Waals surface area contributed by atoms with Gasteiger partial charge in [-0.05, 0) is 24.5 Å². The minimum atomic E-state index is -0.211. The number of benzene rings is 1. The molecule has 0 amide bonds. The molecule has 0 heterocycles. The van der Waals surface area contributed by atoms with E-state index in [4.69, 9.17) is 4.74 Å². The Hall–Kier alpha value is -1.49. The zero-order valence-electron chi connectivity index (χ0n) is 15.9. The van der Waals surface area contributed by atoms with E-state index in [9.17, 15) is 9.59 Å². The van der Waals surface area contributed by atoms with Gasteiger partial charge in [-0.3, -0.25) is 9.59 Å². The van der Waals surface area contributed by atoms with Gasteiger partial charge in [-0.1, -0.05) is 57.0 Å². The Bertz CT molecular complexity index is 545. The molecule has 0 N–H and O–H groups in total. The minimum Gasteiger partial charge on any atom is -0.465 e. The van der Waals surface area contributed by atoms with Gasteiger partial charge >= 0.3 is 5.97 Å². The molecule has 0 fully saturated rings. The first-order valence-corrected chi connectivity index (χ1v) is 10.1. The highest BCUT2D eigenvalue weighted by molar-refractivity contribution is 8.14. The number of esters is 1. The van der Waals surface area contributed by atoms with Crippen molar-refractivity contribution in [3.63, 3.8) is 0 Å². The number of unbranched alkanes of at least 4 members (excludes halogenated alkanes) is 1. The van der Waals surface area contributed by atoms with Crippen molar-refractivity contribution < 1.29 is 14.3 Å². The quantitative estimate of drug-likeness (QED) is 0.528. The smallest absolute Gasteiger partial charge is 0.306 e. The third kappa shape index (κ3) is 8.43. The molecule has 0 aromatic heterocycles. The van der Waals surface area contributed by atoms with E-state index in [1.165, 1.54) is 18.2 Å². The number of thioether (sulfide) groups is 1. The SMILES string of the molecule is CCCCC(CC)COC(=O)CCSC(=O)c1cccc(N(C)C)c1. The van der Waals surface area contributed by atoms with E-state index < -0.39 is 0 Å². The van der Waals surface area contributed by atoms with Crippen LogP contribution in [0.25, 0.3) is 0 Å². The van der Waals surface area contributed by atoms with Crippen LogP contribution in [0.5, 0.6) is 0 Å². The Morgan fingerprint density at radius 3 is 2.64 bits per heavy atom. The molecule has 0 spiro atoms. The van der Waals surface area contributed by atoms with Gasteiger partial charge in [0.2, 0.25) is 5.12 Å². The van der Waals surface area contributed by atoms with Crippen molar-refractivity contribution in [3.05, 3.63) is 29.8 Å². The van der Waals surface area contributed by atoms with Gasteiger partial charge in [0.1, 0.15) is 0 Å². The van der Waals surface area contributed by atoms with Crippen molar-refractivity contribution in [3.8, 4) is 0 Å². The summed E-state index contributed by atoms with van der Waals surface area (Å²) in [7, 11) is 3.88. The van der Waals surface area contributed by atoms with Crippen molar-refractivity contribution >= 4 is 28.5 Å². The zero-order valence-corrected chi connectivity index (χ0v) is 16.7. The summed E-state index contributed by atoms with van der Waals surface area (Å²) in [5.74, 6) is 0.694. The van der Waals surface area contributed by atoms with Gasteiger partial charge in [0.25, 0.3) is 0 Å². The van der Waals surface area contributed by atoms with Gasteiger partial charge in [0.05, 0.1) is 13.0 Å². The highest BCUT2D eigenvalue weighted by Gasteiger charge is 2.12.